The smallest absolute Gasteiger partial charge is 0.270 e. The molecule has 0 aliphatic rings. The number of methoxy groups -OCH3 is 2. The molecule has 0 bridgehead atoms. The van der Waals surface area contributed by atoms with Crippen LogP contribution in [0.5, 0.6) is 23.0 Å². The van der Waals surface area contributed by atoms with Crippen LogP contribution >= 0.6 is 0 Å². The van der Waals surface area contributed by atoms with Gasteiger partial charge in [0.25, 0.3) is 5.69 Å². The molecular weight excluding hydrogens is 290 g/mol. The highest BCUT2D eigenvalue weighted by atomic mass is 16.6. The first-order valence-electron chi connectivity index (χ1n) is 6.22. The molecule has 0 spiro atoms. The third-order valence-corrected chi connectivity index (χ3v) is 2.88. The number of aldehydes is 1. The van der Waals surface area contributed by atoms with Crippen molar-refractivity contribution in [3.63, 3.8) is 0 Å². The molecule has 0 N–H and O–H groups in total. The van der Waals surface area contributed by atoms with Crippen LogP contribution in [0.15, 0.2) is 36.4 Å². The van der Waals surface area contributed by atoms with E-state index in [0.29, 0.717) is 23.5 Å². The van der Waals surface area contributed by atoms with E-state index in [4.69, 9.17) is 14.2 Å². The van der Waals surface area contributed by atoms with E-state index in [9.17, 15) is 14.9 Å². The lowest BCUT2D eigenvalue weighted by Gasteiger charge is -2.11. The van der Waals surface area contributed by atoms with E-state index in [0.717, 1.165) is 6.07 Å². The molecule has 22 heavy (non-hydrogen) atoms. The molecule has 2 aromatic rings. The zero-order valence-corrected chi connectivity index (χ0v) is 11.9. The number of rotatable bonds is 6. The van der Waals surface area contributed by atoms with E-state index in [2.05, 4.69) is 0 Å². The Labute approximate surface area is 126 Å². The summed E-state index contributed by atoms with van der Waals surface area (Å²) in [6, 6.07) is 8.67. The number of nitrogens with zero attached hydrogens (tertiary/aromatic N) is 1. The molecule has 0 aromatic heterocycles. The van der Waals surface area contributed by atoms with Crippen LogP contribution in [0.25, 0.3) is 0 Å². The predicted octanol–water partition coefficient (Wildman–Crippen LogP) is 3.22. The zero-order valence-electron chi connectivity index (χ0n) is 11.9. The van der Waals surface area contributed by atoms with E-state index in [1.165, 1.54) is 26.4 Å². The lowest BCUT2D eigenvalue weighted by atomic mass is 10.2. The Morgan fingerprint density at radius 2 is 1.59 bits per heavy atom. The van der Waals surface area contributed by atoms with Gasteiger partial charge in [0.15, 0.2) is 6.29 Å². The maximum absolute atomic E-state index is 11.1. The molecule has 0 amide bonds. The molecule has 0 saturated carbocycles. The van der Waals surface area contributed by atoms with Gasteiger partial charge in [0.1, 0.15) is 23.0 Å². The van der Waals surface area contributed by atoms with Crippen LogP contribution in [0, 0.1) is 10.1 Å². The molecule has 7 nitrogen and oxygen atoms in total. The first-order valence-corrected chi connectivity index (χ1v) is 6.22. The molecule has 0 atom stereocenters. The molecule has 0 saturated heterocycles. The lowest BCUT2D eigenvalue weighted by molar-refractivity contribution is -0.384. The van der Waals surface area contributed by atoms with Crippen molar-refractivity contribution in [3.05, 3.63) is 52.1 Å². The summed E-state index contributed by atoms with van der Waals surface area (Å²) in [5.74, 6) is 1.62. The quantitative estimate of drug-likeness (QED) is 0.462. The number of carbonyl (C=O) groups excluding carboxylic acids is 1. The average Bonchev–Trinajstić information content (AvgIpc) is 2.54. The van der Waals surface area contributed by atoms with Gasteiger partial charge in [-0.1, -0.05) is 0 Å². The van der Waals surface area contributed by atoms with Crippen molar-refractivity contribution in [2.24, 2.45) is 0 Å². The Hall–Kier alpha value is -3.09. The molecule has 0 aliphatic heterocycles. The third kappa shape index (κ3) is 3.32. The fourth-order valence-corrected chi connectivity index (χ4v) is 1.80. The molecule has 2 rings (SSSR count). The van der Waals surface area contributed by atoms with Gasteiger partial charge in [-0.05, 0) is 6.07 Å². The van der Waals surface area contributed by atoms with Crippen LogP contribution in [-0.2, 0) is 0 Å². The first-order chi connectivity index (χ1) is 10.6. The van der Waals surface area contributed by atoms with Crippen LogP contribution in [0.1, 0.15) is 10.4 Å². The van der Waals surface area contributed by atoms with E-state index in [1.54, 1.807) is 18.2 Å². The van der Waals surface area contributed by atoms with Crippen molar-refractivity contribution in [3.8, 4) is 23.0 Å². The highest BCUT2D eigenvalue weighted by molar-refractivity contribution is 5.81. The number of ether oxygens (including phenoxy) is 3. The lowest BCUT2D eigenvalue weighted by Crippen LogP contribution is -1.95. The van der Waals surface area contributed by atoms with Gasteiger partial charge < -0.3 is 14.2 Å². The van der Waals surface area contributed by atoms with Crippen molar-refractivity contribution in [1.82, 2.24) is 0 Å². The van der Waals surface area contributed by atoms with Gasteiger partial charge >= 0.3 is 0 Å². The van der Waals surface area contributed by atoms with Crippen LogP contribution in [0.4, 0.5) is 5.69 Å². The Bertz CT molecular complexity index is 691. The van der Waals surface area contributed by atoms with Gasteiger partial charge in [0.05, 0.1) is 24.7 Å². The van der Waals surface area contributed by atoms with Crippen molar-refractivity contribution in [2.45, 2.75) is 0 Å². The molecule has 2 aromatic carbocycles. The Morgan fingerprint density at radius 1 is 1.00 bits per heavy atom. The van der Waals surface area contributed by atoms with Crippen molar-refractivity contribution >= 4 is 12.0 Å². The van der Waals surface area contributed by atoms with Gasteiger partial charge in [-0.2, -0.15) is 0 Å². The summed E-state index contributed by atoms with van der Waals surface area (Å²) in [5, 5.41) is 10.7. The second-order valence-electron chi connectivity index (χ2n) is 4.25. The summed E-state index contributed by atoms with van der Waals surface area (Å²) in [6.07, 6.45) is 0.500. The number of nitro benzene ring substituents is 1. The topological polar surface area (TPSA) is 87.9 Å². The minimum absolute atomic E-state index is 0.0796. The standard InChI is InChI=1S/C15H13NO6/c1-20-12-6-13(21-2)8-14(7-12)22-15-4-3-11(16(18)19)5-10(15)9-17/h3-9H,1-2H3. The van der Waals surface area contributed by atoms with E-state index >= 15 is 0 Å². The van der Waals surface area contributed by atoms with Gasteiger partial charge in [-0.3, -0.25) is 14.9 Å². The summed E-state index contributed by atoms with van der Waals surface area (Å²) in [7, 11) is 3.00. The van der Waals surface area contributed by atoms with Gasteiger partial charge in [-0.25, -0.2) is 0 Å². The highest BCUT2D eigenvalue weighted by Gasteiger charge is 2.13. The molecule has 0 fully saturated rings. The molecule has 0 heterocycles. The van der Waals surface area contributed by atoms with Crippen LogP contribution < -0.4 is 14.2 Å². The van der Waals surface area contributed by atoms with Gasteiger partial charge in [-0.15, -0.1) is 0 Å². The number of hydrogen-bond donors (Lipinski definition) is 0. The van der Waals surface area contributed by atoms with Gasteiger partial charge in [0.2, 0.25) is 0 Å². The molecule has 114 valence electrons. The van der Waals surface area contributed by atoms with Gasteiger partial charge in [0, 0.05) is 30.3 Å². The Kier molecular flexibility index (Phi) is 4.57. The number of hydrogen-bond acceptors (Lipinski definition) is 6. The minimum atomic E-state index is -0.578. The van der Waals surface area contributed by atoms with Crippen LogP contribution in [0.2, 0.25) is 0 Å². The fourth-order valence-electron chi connectivity index (χ4n) is 1.80. The SMILES string of the molecule is COc1cc(OC)cc(Oc2ccc([N+](=O)[O-])cc2C=O)c1. The number of carbonyl (C=O) groups is 1. The zero-order chi connectivity index (χ0) is 16.1. The predicted molar refractivity (Wildman–Crippen MR) is 78.1 cm³/mol. The first kappa shape index (κ1) is 15.3. The Morgan fingerprint density at radius 3 is 2.09 bits per heavy atom. The number of non-ortho nitro benzene ring substituents is 1. The van der Waals surface area contributed by atoms with E-state index in [-0.39, 0.29) is 17.0 Å². The summed E-state index contributed by atoms with van der Waals surface area (Å²) in [5.41, 5.74) is -0.103. The van der Waals surface area contributed by atoms with Crippen molar-refractivity contribution < 1.29 is 23.9 Å². The largest absolute Gasteiger partial charge is 0.496 e. The number of nitro groups is 1. The highest BCUT2D eigenvalue weighted by Crippen LogP contribution is 2.33. The number of benzene rings is 2. The van der Waals surface area contributed by atoms with E-state index < -0.39 is 4.92 Å². The Balaban J connectivity index is 2.38. The summed E-state index contributed by atoms with van der Waals surface area (Å²) < 4.78 is 15.9. The maximum atomic E-state index is 11.1. The summed E-state index contributed by atoms with van der Waals surface area (Å²) in [6.45, 7) is 0. The van der Waals surface area contributed by atoms with Crippen LogP contribution in [-0.4, -0.2) is 25.4 Å². The van der Waals surface area contributed by atoms with E-state index in [1.807, 2.05) is 0 Å². The minimum Gasteiger partial charge on any atom is -0.496 e. The molecule has 0 aliphatic carbocycles. The maximum Gasteiger partial charge on any atom is 0.270 e. The summed E-state index contributed by atoms with van der Waals surface area (Å²) >= 11 is 0. The molecule has 7 heteroatoms. The van der Waals surface area contributed by atoms with Crippen LogP contribution in [0.3, 0.4) is 0 Å². The fraction of sp³-hybridized carbons (Fsp3) is 0.133. The third-order valence-electron chi connectivity index (χ3n) is 2.88. The molecule has 0 radical (unpaired) electrons. The average molecular weight is 303 g/mol. The molecule has 0 unspecified atom stereocenters. The second-order valence-corrected chi connectivity index (χ2v) is 4.25. The normalized spacial score (nSPS) is 9.91. The summed E-state index contributed by atoms with van der Waals surface area (Å²) in [4.78, 5) is 21.2. The second kappa shape index (κ2) is 6.57. The molecular formula is C15H13NO6. The van der Waals surface area contributed by atoms with Crippen molar-refractivity contribution in [2.75, 3.05) is 14.2 Å². The van der Waals surface area contributed by atoms with Crippen molar-refractivity contribution in [1.29, 1.82) is 0 Å². The monoisotopic (exact) mass is 303 g/mol.